The van der Waals surface area contributed by atoms with Gasteiger partial charge in [-0.25, -0.2) is 4.68 Å². The van der Waals surface area contributed by atoms with Gasteiger partial charge in [0.15, 0.2) is 0 Å². The van der Waals surface area contributed by atoms with Crippen molar-refractivity contribution < 1.29 is 9.47 Å². The first-order valence-corrected chi connectivity index (χ1v) is 11.9. The number of nitrogens with one attached hydrogen (secondary N) is 1. The third-order valence-corrected chi connectivity index (χ3v) is 5.43. The number of H-pyrrole nitrogens is 1. The van der Waals surface area contributed by atoms with Crippen LogP contribution in [-0.4, -0.2) is 48.6 Å². The monoisotopic (exact) mass is 461 g/mol. The summed E-state index contributed by atoms with van der Waals surface area (Å²) in [6.07, 6.45) is 4.84. The van der Waals surface area contributed by atoms with Crippen LogP contribution in [0.25, 0.3) is 11.4 Å². The van der Waals surface area contributed by atoms with Gasteiger partial charge in [-0.1, -0.05) is 75.2 Å². The van der Waals surface area contributed by atoms with E-state index < -0.39 is 0 Å². The van der Waals surface area contributed by atoms with Gasteiger partial charge in [-0.15, -0.1) is 20.3 Å². The van der Waals surface area contributed by atoms with Crippen LogP contribution >= 0.6 is 0 Å². The van der Waals surface area contributed by atoms with Crippen LogP contribution in [0, 0.1) is 0 Å². The van der Waals surface area contributed by atoms with E-state index in [9.17, 15) is 0 Å². The van der Waals surface area contributed by atoms with Gasteiger partial charge in [0.05, 0.1) is 19.8 Å². The molecule has 2 aromatic carbocycles. The number of nitrogens with zero attached hydrogens (tertiary/aromatic N) is 6. The maximum Gasteiger partial charge on any atom is 0.338 e. The van der Waals surface area contributed by atoms with Crippen LogP contribution in [0.15, 0.2) is 48.5 Å². The highest BCUT2D eigenvalue weighted by molar-refractivity contribution is 5.60. The number of hydrogen-bond donors (Lipinski definition) is 1. The molecule has 0 unspecified atom stereocenters. The van der Waals surface area contributed by atoms with Gasteiger partial charge in [0.2, 0.25) is 5.82 Å². The maximum atomic E-state index is 5.88. The van der Waals surface area contributed by atoms with E-state index >= 15 is 0 Å². The van der Waals surface area contributed by atoms with Crippen molar-refractivity contribution in [1.82, 2.24) is 35.4 Å². The molecule has 0 spiro atoms. The van der Waals surface area contributed by atoms with E-state index in [1.807, 2.05) is 18.2 Å². The molecule has 0 aliphatic carbocycles. The van der Waals surface area contributed by atoms with Gasteiger partial charge >= 0.3 is 12.0 Å². The predicted molar refractivity (Wildman–Crippen MR) is 129 cm³/mol. The minimum Gasteiger partial charge on any atom is -0.464 e. The summed E-state index contributed by atoms with van der Waals surface area (Å²) < 4.78 is 13.4. The highest BCUT2D eigenvalue weighted by Crippen LogP contribution is 2.23. The molecular weight excluding hydrogens is 430 g/mol. The lowest BCUT2D eigenvalue weighted by Gasteiger charge is -2.09. The highest BCUT2D eigenvalue weighted by Gasteiger charge is 2.14. The van der Waals surface area contributed by atoms with Gasteiger partial charge < -0.3 is 9.47 Å². The zero-order valence-corrected chi connectivity index (χ0v) is 19.8. The van der Waals surface area contributed by atoms with Crippen LogP contribution in [0.3, 0.4) is 0 Å². The Morgan fingerprint density at radius 1 is 0.882 bits per heavy atom. The first-order chi connectivity index (χ1) is 16.8. The summed E-state index contributed by atoms with van der Waals surface area (Å²) in [6.45, 7) is 6.04. The molecule has 2 aromatic heterocycles. The van der Waals surface area contributed by atoms with E-state index in [0.29, 0.717) is 37.6 Å². The molecule has 9 nitrogen and oxygen atoms in total. The summed E-state index contributed by atoms with van der Waals surface area (Å²) in [5.74, 6) is 0.603. The molecule has 0 atom stereocenters. The lowest BCUT2D eigenvalue weighted by atomic mass is 9.98. The number of unbranched alkanes of at least 4 members (excludes halogenated alkanes) is 2. The molecule has 0 amide bonds. The zero-order valence-electron chi connectivity index (χ0n) is 19.8. The van der Waals surface area contributed by atoms with Gasteiger partial charge in [0.1, 0.15) is 0 Å². The van der Waals surface area contributed by atoms with E-state index in [1.165, 1.54) is 5.56 Å². The molecule has 0 aliphatic rings. The van der Waals surface area contributed by atoms with E-state index in [-0.39, 0.29) is 0 Å². The summed E-state index contributed by atoms with van der Waals surface area (Å²) in [5, 5.41) is 19.0. The number of ether oxygens (including phenoxy) is 2. The minimum atomic E-state index is 0.370. The summed E-state index contributed by atoms with van der Waals surface area (Å²) in [5.41, 5.74) is 4.43. The average Bonchev–Trinajstić information content (AvgIpc) is 3.52. The molecule has 34 heavy (non-hydrogen) atoms. The summed E-state index contributed by atoms with van der Waals surface area (Å²) in [4.78, 5) is 4.45. The Balaban J connectivity index is 1.45. The molecule has 0 saturated carbocycles. The fourth-order valence-corrected chi connectivity index (χ4v) is 3.52. The van der Waals surface area contributed by atoms with Crippen molar-refractivity contribution in [2.45, 2.75) is 52.5 Å². The van der Waals surface area contributed by atoms with Gasteiger partial charge in [-0.05, 0) is 41.2 Å². The van der Waals surface area contributed by atoms with Gasteiger partial charge in [0.25, 0.3) is 0 Å². The van der Waals surface area contributed by atoms with Crippen LogP contribution in [0.2, 0.25) is 0 Å². The first kappa shape index (κ1) is 23.4. The third-order valence-electron chi connectivity index (χ3n) is 5.43. The Kier molecular flexibility index (Phi) is 8.21. The quantitative estimate of drug-likeness (QED) is 0.293. The number of aromatic amines is 1. The van der Waals surface area contributed by atoms with Crippen LogP contribution in [0.5, 0.6) is 12.0 Å². The Morgan fingerprint density at radius 2 is 1.62 bits per heavy atom. The fraction of sp³-hybridized carbons (Fsp3) is 0.400. The molecule has 1 N–H and O–H groups in total. The van der Waals surface area contributed by atoms with Crippen molar-refractivity contribution >= 4 is 0 Å². The molecule has 0 aliphatic heterocycles. The Morgan fingerprint density at radius 3 is 2.35 bits per heavy atom. The second kappa shape index (κ2) is 11.9. The predicted octanol–water partition coefficient (Wildman–Crippen LogP) is 4.46. The third kappa shape index (κ3) is 6.18. The lowest BCUT2D eigenvalue weighted by molar-refractivity contribution is 0.267. The van der Waals surface area contributed by atoms with Crippen molar-refractivity contribution in [1.29, 1.82) is 0 Å². The molecule has 9 heteroatoms. The standard InChI is InChI=1S/C25H31N7O2/c1-3-5-15-33-24-26-25(34-16-6-4-2)32(29-24)18-20-13-11-19(12-14-20)17-21-9-7-8-10-22(21)23-27-30-31-28-23/h7-14H,3-6,15-18H2,1-2H3,(H,27,28,30,31). The van der Waals surface area contributed by atoms with E-state index in [2.05, 4.69) is 74.9 Å². The van der Waals surface area contributed by atoms with Crippen LogP contribution in [-0.2, 0) is 13.0 Å². The maximum absolute atomic E-state index is 5.88. The Labute approximate surface area is 199 Å². The molecule has 2 heterocycles. The van der Waals surface area contributed by atoms with E-state index in [0.717, 1.165) is 48.8 Å². The van der Waals surface area contributed by atoms with Crippen molar-refractivity contribution in [2.24, 2.45) is 0 Å². The number of tetrazole rings is 1. The molecule has 0 fully saturated rings. The SMILES string of the molecule is CCCCOc1nc(OCCCC)n(Cc2ccc(Cc3ccccc3-c3nn[nH]n3)cc2)n1. The van der Waals surface area contributed by atoms with Crippen LogP contribution in [0.1, 0.15) is 56.2 Å². The van der Waals surface area contributed by atoms with E-state index in [1.54, 1.807) is 4.68 Å². The first-order valence-electron chi connectivity index (χ1n) is 11.9. The van der Waals surface area contributed by atoms with Gasteiger partial charge in [-0.2, -0.15) is 5.21 Å². The van der Waals surface area contributed by atoms with Crippen molar-refractivity contribution in [3.63, 3.8) is 0 Å². The number of rotatable bonds is 13. The van der Waals surface area contributed by atoms with Crippen LogP contribution in [0.4, 0.5) is 0 Å². The van der Waals surface area contributed by atoms with E-state index in [4.69, 9.17) is 9.47 Å². The lowest BCUT2D eigenvalue weighted by Crippen LogP contribution is -2.08. The topological polar surface area (TPSA) is 104 Å². The highest BCUT2D eigenvalue weighted by atomic mass is 16.5. The molecule has 0 bridgehead atoms. The molecule has 4 rings (SSSR count). The molecule has 0 saturated heterocycles. The summed E-state index contributed by atoms with van der Waals surface area (Å²) in [6, 6.07) is 17.5. The Hall–Kier alpha value is -3.75. The van der Waals surface area contributed by atoms with Crippen molar-refractivity contribution in [3.05, 3.63) is 65.2 Å². The smallest absolute Gasteiger partial charge is 0.338 e. The Bertz CT molecular complexity index is 1140. The number of benzene rings is 2. The fourth-order valence-electron chi connectivity index (χ4n) is 3.52. The second-order valence-electron chi connectivity index (χ2n) is 8.12. The molecular formula is C25H31N7O2. The molecule has 178 valence electrons. The van der Waals surface area contributed by atoms with Crippen LogP contribution < -0.4 is 9.47 Å². The largest absolute Gasteiger partial charge is 0.464 e. The minimum absolute atomic E-state index is 0.370. The molecule has 4 aromatic rings. The number of hydrogen-bond acceptors (Lipinski definition) is 7. The second-order valence-corrected chi connectivity index (χ2v) is 8.12. The summed E-state index contributed by atoms with van der Waals surface area (Å²) >= 11 is 0. The summed E-state index contributed by atoms with van der Waals surface area (Å²) in [7, 11) is 0. The normalized spacial score (nSPS) is 11.0. The zero-order chi connectivity index (χ0) is 23.6. The number of aromatic nitrogens is 7. The van der Waals surface area contributed by atoms with Crippen molar-refractivity contribution in [2.75, 3.05) is 13.2 Å². The average molecular weight is 462 g/mol. The van der Waals surface area contributed by atoms with Gasteiger partial charge in [-0.3, -0.25) is 0 Å². The van der Waals surface area contributed by atoms with Crippen molar-refractivity contribution in [3.8, 4) is 23.4 Å². The molecule has 0 radical (unpaired) electrons. The van der Waals surface area contributed by atoms with Gasteiger partial charge in [0, 0.05) is 5.56 Å².